The lowest BCUT2D eigenvalue weighted by molar-refractivity contribution is -0.118. The van der Waals surface area contributed by atoms with E-state index in [1.165, 1.54) is 11.3 Å². The van der Waals surface area contributed by atoms with Crippen molar-refractivity contribution >= 4 is 56.3 Å². The van der Waals surface area contributed by atoms with E-state index in [1.807, 2.05) is 60.7 Å². The van der Waals surface area contributed by atoms with Crippen molar-refractivity contribution in [3.05, 3.63) is 116 Å². The second-order valence-corrected chi connectivity index (χ2v) is 12.7. The van der Waals surface area contributed by atoms with E-state index in [0.29, 0.717) is 45.2 Å². The SMILES string of the molecule is CC1(C)CC(=O)C2=C(C1)NC1=C(C(=O)c3ccccc31)[C@@H]2c1ccc(OC(=O)c2sc3ccccc3c2Cl)cc1. The predicted octanol–water partition coefficient (Wildman–Crippen LogP) is 7.71. The minimum Gasteiger partial charge on any atom is -0.422 e. The highest BCUT2D eigenvalue weighted by atomic mass is 35.5. The van der Waals surface area contributed by atoms with Gasteiger partial charge in [-0.25, -0.2) is 4.79 Å². The normalized spacial score (nSPS) is 19.3. The number of thiophene rings is 1. The number of ketones is 2. The third-order valence-electron chi connectivity index (χ3n) is 7.87. The second-order valence-electron chi connectivity index (χ2n) is 11.3. The molecule has 1 aromatic heterocycles. The van der Waals surface area contributed by atoms with Gasteiger partial charge in [-0.3, -0.25) is 9.59 Å². The molecule has 7 rings (SSSR count). The van der Waals surface area contributed by atoms with Crippen molar-refractivity contribution < 1.29 is 19.1 Å². The Morgan fingerprint density at radius 3 is 2.38 bits per heavy atom. The first-order valence-electron chi connectivity index (χ1n) is 13.1. The summed E-state index contributed by atoms with van der Waals surface area (Å²) >= 11 is 7.77. The van der Waals surface area contributed by atoms with Gasteiger partial charge >= 0.3 is 5.97 Å². The zero-order chi connectivity index (χ0) is 27.8. The van der Waals surface area contributed by atoms with Gasteiger partial charge in [0.15, 0.2) is 11.6 Å². The minimum absolute atomic E-state index is 0.0500. The van der Waals surface area contributed by atoms with E-state index in [1.54, 1.807) is 12.1 Å². The molecule has 0 radical (unpaired) electrons. The highest BCUT2D eigenvalue weighted by Crippen LogP contribution is 2.51. The summed E-state index contributed by atoms with van der Waals surface area (Å²) in [7, 11) is 0. The second kappa shape index (κ2) is 9.01. The minimum atomic E-state index is -0.526. The Kier molecular flexibility index (Phi) is 5.63. The Morgan fingerprint density at radius 2 is 1.62 bits per heavy atom. The van der Waals surface area contributed by atoms with Gasteiger partial charge in [0.25, 0.3) is 0 Å². The third kappa shape index (κ3) is 3.86. The Labute approximate surface area is 240 Å². The number of benzene rings is 3. The lowest BCUT2D eigenvalue weighted by Crippen LogP contribution is -2.37. The molecule has 0 saturated heterocycles. The van der Waals surface area contributed by atoms with Crippen molar-refractivity contribution in [1.82, 2.24) is 5.32 Å². The van der Waals surface area contributed by atoms with E-state index in [-0.39, 0.29) is 17.0 Å². The monoisotopic (exact) mass is 565 g/mol. The van der Waals surface area contributed by atoms with Crippen LogP contribution in [0.4, 0.5) is 0 Å². The van der Waals surface area contributed by atoms with Crippen molar-refractivity contribution in [3.63, 3.8) is 0 Å². The molecule has 1 N–H and O–H groups in total. The molecule has 0 fully saturated rings. The summed E-state index contributed by atoms with van der Waals surface area (Å²) in [6.45, 7) is 4.18. The van der Waals surface area contributed by atoms with Gasteiger partial charge in [-0.15, -0.1) is 11.3 Å². The number of carbonyl (C=O) groups excluding carboxylic acids is 3. The number of fused-ring (bicyclic) bond motifs is 3. The van der Waals surface area contributed by atoms with Crippen molar-refractivity contribution in [2.24, 2.45) is 5.41 Å². The van der Waals surface area contributed by atoms with E-state index >= 15 is 0 Å². The van der Waals surface area contributed by atoms with E-state index in [9.17, 15) is 14.4 Å². The van der Waals surface area contributed by atoms with Gasteiger partial charge in [0.1, 0.15) is 10.6 Å². The Bertz CT molecular complexity index is 1840. The molecule has 1 atom stereocenters. The van der Waals surface area contributed by atoms with Crippen LogP contribution < -0.4 is 10.1 Å². The van der Waals surface area contributed by atoms with Crippen LogP contribution in [0.2, 0.25) is 5.02 Å². The largest absolute Gasteiger partial charge is 0.422 e. The van der Waals surface area contributed by atoms with Gasteiger partial charge in [-0.2, -0.15) is 0 Å². The molecular formula is C33H24ClNO4S. The molecule has 1 aliphatic heterocycles. The van der Waals surface area contributed by atoms with Gasteiger partial charge in [0.2, 0.25) is 0 Å². The van der Waals surface area contributed by atoms with E-state index in [4.69, 9.17) is 16.3 Å². The third-order valence-corrected chi connectivity index (χ3v) is 9.53. The zero-order valence-electron chi connectivity index (χ0n) is 21.8. The molecule has 5 nitrogen and oxygen atoms in total. The first-order chi connectivity index (χ1) is 19.2. The number of dihydropyridines is 1. The van der Waals surface area contributed by atoms with E-state index < -0.39 is 11.9 Å². The Hall–Kier alpha value is -4.00. The van der Waals surface area contributed by atoms with Crippen molar-refractivity contribution in [3.8, 4) is 5.75 Å². The van der Waals surface area contributed by atoms with Gasteiger partial charge in [0, 0.05) is 50.4 Å². The number of allylic oxidation sites excluding steroid dienone is 3. The average molecular weight is 566 g/mol. The topological polar surface area (TPSA) is 72.5 Å². The smallest absolute Gasteiger partial charge is 0.355 e. The molecule has 3 aromatic carbocycles. The number of hydrogen-bond acceptors (Lipinski definition) is 6. The molecule has 198 valence electrons. The molecule has 40 heavy (non-hydrogen) atoms. The summed E-state index contributed by atoms with van der Waals surface area (Å²) < 4.78 is 6.60. The number of esters is 1. The number of nitrogens with one attached hydrogen (secondary N) is 1. The fourth-order valence-electron chi connectivity index (χ4n) is 6.15. The molecular weight excluding hydrogens is 542 g/mol. The number of halogens is 1. The predicted molar refractivity (Wildman–Crippen MR) is 157 cm³/mol. The number of carbonyl (C=O) groups is 3. The van der Waals surface area contributed by atoms with Crippen molar-refractivity contribution in [2.75, 3.05) is 0 Å². The fourth-order valence-corrected chi connectivity index (χ4v) is 7.53. The zero-order valence-corrected chi connectivity index (χ0v) is 23.4. The highest BCUT2D eigenvalue weighted by molar-refractivity contribution is 7.21. The summed E-state index contributed by atoms with van der Waals surface area (Å²) in [6, 6.07) is 22.2. The first kappa shape index (κ1) is 25.0. The van der Waals surface area contributed by atoms with Crippen LogP contribution in [0.5, 0.6) is 5.75 Å². The maximum absolute atomic E-state index is 13.7. The molecule has 4 aromatic rings. The maximum Gasteiger partial charge on any atom is 0.355 e. The van der Waals surface area contributed by atoms with Crippen LogP contribution in [-0.4, -0.2) is 17.5 Å². The van der Waals surface area contributed by atoms with Crippen LogP contribution >= 0.6 is 22.9 Å². The Balaban J connectivity index is 1.26. The molecule has 0 amide bonds. The summed E-state index contributed by atoms with van der Waals surface area (Å²) in [6.07, 6.45) is 1.13. The van der Waals surface area contributed by atoms with Gasteiger partial charge in [-0.1, -0.05) is 80.0 Å². The number of ether oxygens (including phenoxy) is 1. The quantitative estimate of drug-likeness (QED) is 0.203. The molecule has 0 spiro atoms. The first-order valence-corrected chi connectivity index (χ1v) is 14.3. The van der Waals surface area contributed by atoms with Crippen LogP contribution in [0, 0.1) is 5.41 Å². The van der Waals surface area contributed by atoms with Gasteiger partial charge in [-0.05, 0) is 35.6 Å². The standard InChI is InChI=1S/C33H24ClNO4S/c1-33(2)15-22-26(23(36)16-33)25(27-29(35-22)19-7-3-4-8-20(19)30(27)37)17-11-13-18(14-12-17)39-32(38)31-28(34)21-9-5-6-10-24(21)40-31/h3-14,25,35H,15-16H2,1-2H3/t25-/m1/s1. The number of Topliss-reactive ketones (excluding diaryl/α,β-unsaturated/α-hetero) is 2. The van der Waals surface area contributed by atoms with Crippen LogP contribution in [0.3, 0.4) is 0 Å². The van der Waals surface area contributed by atoms with E-state index in [2.05, 4.69) is 19.2 Å². The molecule has 0 saturated carbocycles. The molecule has 2 heterocycles. The van der Waals surface area contributed by atoms with Crippen LogP contribution in [0.25, 0.3) is 15.8 Å². The van der Waals surface area contributed by atoms with Crippen LogP contribution in [0.15, 0.2) is 89.6 Å². The molecule has 0 unspecified atom stereocenters. The van der Waals surface area contributed by atoms with Crippen molar-refractivity contribution in [1.29, 1.82) is 0 Å². The molecule has 3 aliphatic rings. The fraction of sp³-hybridized carbons (Fsp3) is 0.182. The lowest BCUT2D eigenvalue weighted by Gasteiger charge is -2.39. The van der Waals surface area contributed by atoms with E-state index in [0.717, 1.165) is 32.6 Å². The van der Waals surface area contributed by atoms with Crippen LogP contribution in [0.1, 0.15) is 63.8 Å². The maximum atomic E-state index is 13.7. The number of hydrogen-bond donors (Lipinski definition) is 1. The summed E-state index contributed by atoms with van der Waals surface area (Å²) in [5.41, 5.74) is 5.03. The van der Waals surface area contributed by atoms with Crippen molar-refractivity contribution in [2.45, 2.75) is 32.6 Å². The highest BCUT2D eigenvalue weighted by Gasteiger charge is 2.46. The van der Waals surface area contributed by atoms with Gasteiger partial charge < -0.3 is 10.1 Å². The summed E-state index contributed by atoms with van der Waals surface area (Å²) in [5, 5.41) is 4.70. The molecule has 7 heteroatoms. The summed E-state index contributed by atoms with van der Waals surface area (Å²) in [4.78, 5) is 40.6. The lowest BCUT2D eigenvalue weighted by atomic mass is 9.68. The average Bonchev–Trinajstić information content (AvgIpc) is 3.42. The number of rotatable bonds is 3. The van der Waals surface area contributed by atoms with Crippen LogP contribution in [-0.2, 0) is 4.79 Å². The summed E-state index contributed by atoms with van der Waals surface area (Å²) in [5.74, 6) is -0.689. The van der Waals surface area contributed by atoms with Gasteiger partial charge in [0.05, 0.1) is 10.7 Å². The molecule has 0 bridgehead atoms. The Morgan fingerprint density at radius 1 is 0.925 bits per heavy atom. The molecule has 2 aliphatic carbocycles.